The van der Waals surface area contributed by atoms with Crippen molar-refractivity contribution >= 4 is 17.2 Å². The second-order valence-electron chi connectivity index (χ2n) is 4.85. The first-order chi connectivity index (χ1) is 9.31. The highest BCUT2D eigenvalue weighted by Crippen LogP contribution is 2.19. The summed E-state index contributed by atoms with van der Waals surface area (Å²) in [7, 11) is 0. The van der Waals surface area contributed by atoms with Gasteiger partial charge in [-0.05, 0) is 38.1 Å². The fourth-order valence-electron chi connectivity index (χ4n) is 2.41. The average molecular weight is 275 g/mol. The van der Waals surface area contributed by atoms with Gasteiger partial charge >= 0.3 is 0 Å². The fourth-order valence-corrected chi connectivity index (χ4v) is 2.69. The minimum Gasteiger partial charge on any atom is -0.376 e. The van der Waals surface area contributed by atoms with Crippen LogP contribution in [0.5, 0.6) is 0 Å². The zero-order valence-corrected chi connectivity index (χ0v) is 12.0. The van der Waals surface area contributed by atoms with Gasteiger partial charge in [0.15, 0.2) is 0 Å². The molecule has 0 radical (unpaired) electrons. The van der Waals surface area contributed by atoms with Crippen LogP contribution in [0.4, 0.5) is 0 Å². The first-order valence-electron chi connectivity index (χ1n) is 6.83. The summed E-state index contributed by atoms with van der Waals surface area (Å²) in [5.41, 5.74) is 1.05. The summed E-state index contributed by atoms with van der Waals surface area (Å²) in [4.78, 5) is 7.81. The van der Waals surface area contributed by atoms with E-state index in [4.69, 9.17) is 12.2 Å². The highest BCUT2D eigenvalue weighted by molar-refractivity contribution is 7.80. The summed E-state index contributed by atoms with van der Waals surface area (Å²) < 4.78 is 0. The minimum atomic E-state index is 0.175. The molecule has 0 saturated carbocycles. The van der Waals surface area contributed by atoms with Crippen LogP contribution in [0.2, 0.25) is 0 Å². The number of nitrogens with one attached hydrogen (secondary N) is 1. The van der Waals surface area contributed by atoms with Crippen molar-refractivity contribution in [3.05, 3.63) is 42.7 Å². The van der Waals surface area contributed by atoms with Crippen molar-refractivity contribution in [1.82, 2.24) is 15.2 Å². The summed E-state index contributed by atoms with van der Waals surface area (Å²) in [5, 5.41) is 3.25. The average Bonchev–Trinajstić information content (AvgIpc) is 2.96. The Morgan fingerprint density at radius 1 is 1.47 bits per heavy atom. The van der Waals surface area contributed by atoms with E-state index >= 15 is 0 Å². The Hall–Kier alpha value is -1.26. The van der Waals surface area contributed by atoms with E-state index < -0.39 is 0 Å². The zero-order valence-electron chi connectivity index (χ0n) is 11.2. The third kappa shape index (κ3) is 4.11. The molecule has 1 aliphatic rings. The van der Waals surface area contributed by atoms with Crippen molar-refractivity contribution in [1.29, 1.82) is 0 Å². The second-order valence-corrected chi connectivity index (χ2v) is 5.29. The monoisotopic (exact) mass is 275 g/mol. The maximum atomic E-state index is 5.53. The lowest BCUT2D eigenvalue weighted by atomic mass is 10.0. The molecule has 1 N–H and O–H groups in total. The molecule has 2 rings (SSSR count). The summed E-state index contributed by atoms with van der Waals surface area (Å²) in [5.74, 6) is 0.175. The van der Waals surface area contributed by atoms with Gasteiger partial charge in [-0.25, -0.2) is 0 Å². The maximum Gasteiger partial charge on any atom is 0.0860 e. The molecule has 1 atom stereocenters. The Bertz CT molecular complexity index is 413. The third-order valence-corrected chi connectivity index (χ3v) is 3.85. The highest BCUT2D eigenvalue weighted by Gasteiger charge is 2.23. The molecule has 1 saturated heterocycles. The Kier molecular flexibility index (Phi) is 5.48. The second kappa shape index (κ2) is 7.36. The van der Waals surface area contributed by atoms with E-state index in [-0.39, 0.29) is 5.92 Å². The molecule has 0 aromatic carbocycles. The Morgan fingerprint density at radius 2 is 2.26 bits per heavy atom. The number of nitrogens with zero attached hydrogens (tertiary/aromatic N) is 2. The van der Waals surface area contributed by atoms with Crippen LogP contribution < -0.4 is 5.32 Å². The highest BCUT2D eigenvalue weighted by atomic mass is 32.1. The van der Waals surface area contributed by atoms with Crippen molar-refractivity contribution in [2.45, 2.75) is 18.8 Å². The Labute approximate surface area is 120 Å². The fraction of sp³-hybridized carbons (Fsp3) is 0.467. The standard InChI is InChI=1S/C15H21N3S/c1-2-8-17-15(19)13(12-18-10-5-6-11-18)14-7-3-4-9-16-14/h2-4,7,9,13H,1,5-6,8,10-12H2,(H,17,19). The van der Waals surface area contributed by atoms with Crippen molar-refractivity contribution in [2.24, 2.45) is 0 Å². The molecule has 1 fully saturated rings. The minimum absolute atomic E-state index is 0.175. The normalized spacial score (nSPS) is 17.1. The number of pyridine rings is 1. The topological polar surface area (TPSA) is 28.2 Å². The molecular weight excluding hydrogens is 254 g/mol. The molecule has 2 heterocycles. The summed E-state index contributed by atoms with van der Waals surface area (Å²) in [6.07, 6.45) is 6.25. The van der Waals surface area contributed by atoms with Crippen molar-refractivity contribution in [2.75, 3.05) is 26.2 Å². The predicted molar refractivity (Wildman–Crippen MR) is 83.4 cm³/mol. The molecule has 4 heteroatoms. The third-order valence-electron chi connectivity index (χ3n) is 3.42. The van der Waals surface area contributed by atoms with E-state index in [2.05, 4.69) is 27.8 Å². The van der Waals surface area contributed by atoms with E-state index in [0.29, 0.717) is 6.54 Å². The van der Waals surface area contributed by atoms with Gasteiger partial charge in [0, 0.05) is 19.3 Å². The zero-order chi connectivity index (χ0) is 13.5. The van der Waals surface area contributed by atoms with E-state index in [1.807, 2.05) is 24.4 Å². The molecule has 0 amide bonds. The summed E-state index contributed by atoms with van der Waals surface area (Å²) in [6.45, 7) is 7.74. The number of hydrogen-bond acceptors (Lipinski definition) is 3. The number of aromatic nitrogens is 1. The SMILES string of the molecule is C=CCNC(=S)C(CN1CCCC1)c1ccccn1. The Balaban J connectivity index is 2.07. The van der Waals surface area contributed by atoms with Crippen LogP contribution in [0.3, 0.4) is 0 Å². The van der Waals surface area contributed by atoms with Gasteiger partial charge in [-0.3, -0.25) is 4.98 Å². The summed E-state index contributed by atoms with van der Waals surface area (Å²) >= 11 is 5.53. The van der Waals surface area contributed by atoms with Gasteiger partial charge in [-0.15, -0.1) is 6.58 Å². The van der Waals surface area contributed by atoms with Gasteiger partial charge in [0.1, 0.15) is 0 Å². The Morgan fingerprint density at radius 3 is 2.89 bits per heavy atom. The number of rotatable bonds is 6. The quantitative estimate of drug-likeness (QED) is 0.637. The van der Waals surface area contributed by atoms with Crippen LogP contribution in [0.15, 0.2) is 37.1 Å². The first kappa shape index (κ1) is 14.2. The summed E-state index contributed by atoms with van der Waals surface area (Å²) in [6, 6.07) is 6.02. The molecule has 1 aliphatic heterocycles. The van der Waals surface area contributed by atoms with Gasteiger partial charge in [0.2, 0.25) is 0 Å². The van der Waals surface area contributed by atoms with Gasteiger partial charge < -0.3 is 10.2 Å². The van der Waals surface area contributed by atoms with Crippen molar-refractivity contribution in [3.8, 4) is 0 Å². The smallest absolute Gasteiger partial charge is 0.0860 e. The lowest BCUT2D eigenvalue weighted by molar-refractivity contribution is 0.333. The van der Waals surface area contributed by atoms with Gasteiger partial charge in [-0.1, -0.05) is 24.4 Å². The molecule has 1 unspecified atom stereocenters. The molecule has 3 nitrogen and oxygen atoms in total. The van der Waals surface area contributed by atoms with Crippen LogP contribution >= 0.6 is 12.2 Å². The van der Waals surface area contributed by atoms with E-state index in [0.717, 1.165) is 17.2 Å². The van der Waals surface area contributed by atoms with Crippen LogP contribution in [-0.4, -0.2) is 41.1 Å². The maximum absolute atomic E-state index is 5.53. The van der Waals surface area contributed by atoms with Gasteiger partial charge in [0.25, 0.3) is 0 Å². The molecule has 0 spiro atoms. The van der Waals surface area contributed by atoms with E-state index in [9.17, 15) is 0 Å². The molecule has 19 heavy (non-hydrogen) atoms. The molecule has 102 valence electrons. The molecule has 1 aromatic heterocycles. The molecule has 0 bridgehead atoms. The number of hydrogen-bond donors (Lipinski definition) is 1. The van der Waals surface area contributed by atoms with Crippen molar-refractivity contribution in [3.63, 3.8) is 0 Å². The molecule has 1 aromatic rings. The van der Waals surface area contributed by atoms with Crippen LogP contribution in [0.25, 0.3) is 0 Å². The molecular formula is C15H21N3S. The van der Waals surface area contributed by atoms with E-state index in [1.165, 1.54) is 25.9 Å². The van der Waals surface area contributed by atoms with Crippen molar-refractivity contribution < 1.29 is 0 Å². The van der Waals surface area contributed by atoms with Gasteiger partial charge in [0.05, 0.1) is 16.6 Å². The van der Waals surface area contributed by atoms with Crippen LogP contribution in [-0.2, 0) is 0 Å². The van der Waals surface area contributed by atoms with Gasteiger partial charge in [-0.2, -0.15) is 0 Å². The lowest BCUT2D eigenvalue weighted by Crippen LogP contribution is -2.36. The first-order valence-corrected chi connectivity index (χ1v) is 7.24. The lowest BCUT2D eigenvalue weighted by Gasteiger charge is -2.24. The number of likely N-dealkylation sites (tertiary alicyclic amines) is 1. The van der Waals surface area contributed by atoms with Crippen LogP contribution in [0, 0.1) is 0 Å². The van der Waals surface area contributed by atoms with E-state index in [1.54, 1.807) is 0 Å². The van der Waals surface area contributed by atoms with Crippen LogP contribution in [0.1, 0.15) is 24.5 Å². The predicted octanol–water partition coefficient (Wildman–Crippen LogP) is 2.36. The largest absolute Gasteiger partial charge is 0.376 e. The molecule has 0 aliphatic carbocycles. The number of thiocarbonyl (C=S) groups is 1.